The number of halogens is 3. The van der Waals surface area contributed by atoms with Crippen LogP contribution in [0.3, 0.4) is 0 Å². The van der Waals surface area contributed by atoms with Gasteiger partial charge in [-0.15, -0.1) is 0 Å². The number of imidazole rings is 1. The Kier molecular flexibility index (Phi) is 1.76. The molecule has 1 rings (SSSR count). The summed E-state index contributed by atoms with van der Waals surface area (Å²) in [7, 11) is 1.49. The molecule has 0 unspecified atom stereocenters. The number of aromatic amines is 1. The van der Waals surface area contributed by atoms with Crippen molar-refractivity contribution in [3.8, 4) is 0 Å². The van der Waals surface area contributed by atoms with Gasteiger partial charge in [-0.05, 0) is 0 Å². The Hall–Kier alpha value is -1.20. The minimum atomic E-state index is -4.35. The normalized spacial score (nSPS) is 11.6. The quantitative estimate of drug-likeness (QED) is 0.661. The van der Waals surface area contributed by atoms with E-state index in [4.69, 9.17) is 0 Å². The van der Waals surface area contributed by atoms with Gasteiger partial charge in [0.25, 0.3) is 0 Å². The molecule has 11 heavy (non-hydrogen) atoms. The number of anilines is 1. The summed E-state index contributed by atoms with van der Waals surface area (Å²) in [5.41, 5.74) is -0.846. The highest BCUT2D eigenvalue weighted by Crippen LogP contribution is 2.27. The van der Waals surface area contributed by atoms with Gasteiger partial charge in [0, 0.05) is 7.05 Å². The van der Waals surface area contributed by atoms with Crippen molar-refractivity contribution in [2.75, 3.05) is 12.4 Å². The minimum absolute atomic E-state index is 0.109. The first-order valence-corrected chi connectivity index (χ1v) is 2.84. The molecule has 6 heteroatoms. The van der Waals surface area contributed by atoms with Crippen molar-refractivity contribution in [3.05, 3.63) is 11.9 Å². The van der Waals surface area contributed by atoms with Gasteiger partial charge in [-0.25, -0.2) is 4.98 Å². The lowest BCUT2D eigenvalue weighted by Gasteiger charge is -2.00. The molecule has 0 radical (unpaired) electrons. The van der Waals surface area contributed by atoms with E-state index < -0.39 is 11.9 Å². The summed E-state index contributed by atoms with van der Waals surface area (Å²) in [6.45, 7) is 0. The highest BCUT2D eigenvalue weighted by molar-refractivity contribution is 5.25. The average molecular weight is 165 g/mol. The summed E-state index contributed by atoms with van der Waals surface area (Å²) in [4.78, 5) is 5.47. The van der Waals surface area contributed by atoms with E-state index in [1.54, 1.807) is 0 Å². The van der Waals surface area contributed by atoms with Crippen LogP contribution in [0.5, 0.6) is 0 Å². The maximum atomic E-state index is 11.8. The molecule has 0 fully saturated rings. The number of nitrogens with zero attached hydrogens (tertiary/aromatic N) is 1. The van der Waals surface area contributed by atoms with Gasteiger partial charge in [0.1, 0.15) is 5.69 Å². The Morgan fingerprint density at radius 1 is 1.55 bits per heavy atom. The number of aromatic nitrogens is 2. The van der Waals surface area contributed by atoms with Crippen LogP contribution in [0, 0.1) is 0 Å². The van der Waals surface area contributed by atoms with Crippen LogP contribution in [0.1, 0.15) is 5.69 Å². The van der Waals surface area contributed by atoms with Gasteiger partial charge >= 0.3 is 6.18 Å². The molecule has 0 bridgehead atoms. The fraction of sp³-hybridized carbons (Fsp3) is 0.400. The maximum absolute atomic E-state index is 11.8. The second-order valence-corrected chi connectivity index (χ2v) is 1.89. The smallest absolute Gasteiger partial charge is 0.359 e. The van der Waals surface area contributed by atoms with Crippen LogP contribution in [-0.2, 0) is 6.18 Å². The van der Waals surface area contributed by atoms with Crippen LogP contribution in [0.4, 0.5) is 19.1 Å². The molecule has 1 aromatic rings. The summed E-state index contributed by atoms with van der Waals surface area (Å²) < 4.78 is 35.5. The van der Waals surface area contributed by atoms with Crippen molar-refractivity contribution in [2.24, 2.45) is 0 Å². The van der Waals surface area contributed by atoms with Crippen molar-refractivity contribution in [1.29, 1.82) is 0 Å². The molecule has 1 aromatic heterocycles. The summed E-state index contributed by atoms with van der Waals surface area (Å²) >= 11 is 0. The monoisotopic (exact) mass is 165 g/mol. The van der Waals surface area contributed by atoms with Crippen LogP contribution >= 0.6 is 0 Å². The summed E-state index contributed by atoms with van der Waals surface area (Å²) in [5.74, 6) is 0.109. The van der Waals surface area contributed by atoms with Gasteiger partial charge in [-0.1, -0.05) is 0 Å². The Labute approximate surface area is 60.6 Å². The molecule has 0 aliphatic heterocycles. The van der Waals surface area contributed by atoms with Gasteiger partial charge < -0.3 is 10.3 Å². The number of hydrogen-bond acceptors (Lipinski definition) is 2. The zero-order chi connectivity index (χ0) is 8.48. The third-order valence-electron chi connectivity index (χ3n) is 1.12. The zero-order valence-corrected chi connectivity index (χ0v) is 5.66. The second kappa shape index (κ2) is 2.44. The molecule has 0 saturated heterocycles. The van der Waals surface area contributed by atoms with Crippen LogP contribution < -0.4 is 5.32 Å². The molecule has 0 saturated carbocycles. The number of rotatable bonds is 1. The second-order valence-electron chi connectivity index (χ2n) is 1.89. The minimum Gasteiger partial charge on any atom is -0.359 e. The van der Waals surface area contributed by atoms with E-state index in [1.807, 2.05) is 0 Å². The van der Waals surface area contributed by atoms with E-state index in [0.717, 1.165) is 6.20 Å². The highest BCUT2D eigenvalue weighted by atomic mass is 19.4. The van der Waals surface area contributed by atoms with Crippen LogP contribution in [0.25, 0.3) is 0 Å². The Balaban J connectivity index is 2.89. The molecule has 2 N–H and O–H groups in total. The van der Waals surface area contributed by atoms with E-state index in [9.17, 15) is 13.2 Å². The first kappa shape index (κ1) is 7.90. The standard InChI is InChI=1S/C5H6F3N3/c1-9-4-10-2-3(11-4)5(6,7)8/h2H,1H3,(H2,9,10,11). The molecule has 0 aliphatic rings. The van der Waals surface area contributed by atoms with Gasteiger partial charge in [0.2, 0.25) is 0 Å². The molecular weight excluding hydrogens is 159 g/mol. The van der Waals surface area contributed by atoms with Crippen molar-refractivity contribution >= 4 is 5.95 Å². The first-order valence-electron chi connectivity index (χ1n) is 2.84. The zero-order valence-electron chi connectivity index (χ0n) is 5.66. The number of nitrogens with one attached hydrogen (secondary N) is 2. The molecule has 0 aromatic carbocycles. The molecule has 0 amide bonds. The van der Waals surface area contributed by atoms with Gasteiger partial charge in [-0.2, -0.15) is 13.2 Å². The predicted molar refractivity (Wildman–Crippen MR) is 33.1 cm³/mol. The maximum Gasteiger partial charge on any atom is 0.432 e. The van der Waals surface area contributed by atoms with E-state index in [-0.39, 0.29) is 5.95 Å². The summed E-state index contributed by atoms with van der Waals surface area (Å²) in [6, 6.07) is 0. The van der Waals surface area contributed by atoms with E-state index in [2.05, 4.69) is 15.3 Å². The lowest BCUT2D eigenvalue weighted by Crippen LogP contribution is -2.05. The highest BCUT2D eigenvalue weighted by Gasteiger charge is 2.32. The van der Waals surface area contributed by atoms with Gasteiger partial charge in [0.15, 0.2) is 5.95 Å². The van der Waals surface area contributed by atoms with Crippen molar-refractivity contribution in [2.45, 2.75) is 6.18 Å². The lowest BCUT2D eigenvalue weighted by molar-refractivity contribution is -0.140. The topological polar surface area (TPSA) is 40.7 Å². The van der Waals surface area contributed by atoms with E-state index in [1.165, 1.54) is 7.05 Å². The van der Waals surface area contributed by atoms with Crippen LogP contribution in [-0.4, -0.2) is 17.0 Å². The van der Waals surface area contributed by atoms with Crippen molar-refractivity contribution in [3.63, 3.8) is 0 Å². The SMILES string of the molecule is CNc1ncc(C(F)(F)F)[nH]1. The lowest BCUT2D eigenvalue weighted by atomic mass is 10.5. The summed E-state index contributed by atoms with van der Waals surface area (Å²) in [5, 5.41) is 2.45. The number of hydrogen-bond donors (Lipinski definition) is 2. The number of H-pyrrole nitrogens is 1. The Bertz CT molecular complexity index is 239. The van der Waals surface area contributed by atoms with Gasteiger partial charge in [-0.3, -0.25) is 0 Å². The Morgan fingerprint density at radius 2 is 2.18 bits per heavy atom. The molecule has 62 valence electrons. The first-order chi connectivity index (χ1) is 5.04. The fourth-order valence-corrected chi connectivity index (χ4v) is 0.592. The third-order valence-corrected chi connectivity index (χ3v) is 1.12. The van der Waals surface area contributed by atoms with Crippen LogP contribution in [0.15, 0.2) is 6.20 Å². The van der Waals surface area contributed by atoms with Gasteiger partial charge in [0.05, 0.1) is 6.20 Å². The van der Waals surface area contributed by atoms with E-state index >= 15 is 0 Å². The predicted octanol–water partition coefficient (Wildman–Crippen LogP) is 1.47. The molecule has 3 nitrogen and oxygen atoms in total. The van der Waals surface area contributed by atoms with E-state index in [0.29, 0.717) is 0 Å². The third kappa shape index (κ3) is 1.63. The average Bonchev–Trinajstić information content (AvgIpc) is 2.32. The molecule has 0 spiro atoms. The van der Waals surface area contributed by atoms with Crippen molar-refractivity contribution in [1.82, 2.24) is 9.97 Å². The fourth-order valence-electron chi connectivity index (χ4n) is 0.592. The molecular formula is C5H6F3N3. The van der Waals surface area contributed by atoms with Crippen LogP contribution in [0.2, 0.25) is 0 Å². The molecule has 0 aliphatic carbocycles. The number of alkyl halides is 3. The van der Waals surface area contributed by atoms with Crippen molar-refractivity contribution < 1.29 is 13.2 Å². The Morgan fingerprint density at radius 3 is 2.45 bits per heavy atom. The molecule has 1 heterocycles. The molecule has 0 atom stereocenters. The summed E-state index contributed by atoms with van der Waals surface area (Å²) in [6.07, 6.45) is -3.60. The largest absolute Gasteiger partial charge is 0.432 e.